The maximum atomic E-state index is 12.1. The highest BCUT2D eigenvalue weighted by Crippen LogP contribution is 2.23. The molecule has 1 amide bonds. The normalized spacial score (nSPS) is 9.95. The van der Waals surface area contributed by atoms with Gasteiger partial charge >= 0.3 is 0 Å². The highest BCUT2D eigenvalue weighted by molar-refractivity contribution is 7.16. The molecule has 3 N–H and O–H groups in total. The molecule has 2 aromatic rings. The highest BCUT2D eigenvalue weighted by atomic mass is 35.5. The first-order valence-electron chi connectivity index (χ1n) is 5.92. The Kier molecular flexibility index (Phi) is 5.21. The third-order valence-corrected chi connectivity index (χ3v) is 4.88. The summed E-state index contributed by atoms with van der Waals surface area (Å²) in [7, 11) is 0. The quantitative estimate of drug-likeness (QED) is 0.853. The molecular weight excluding hydrogens is 312 g/mol. The van der Waals surface area contributed by atoms with E-state index in [1.807, 2.05) is 25.1 Å². The Bertz CT molecular complexity index is 679. The van der Waals surface area contributed by atoms with E-state index in [0.717, 1.165) is 19.7 Å². The van der Waals surface area contributed by atoms with Crippen LogP contribution in [0.4, 0.5) is 0 Å². The molecule has 0 aromatic carbocycles. The number of amides is 1. The van der Waals surface area contributed by atoms with Crippen LogP contribution in [0.3, 0.4) is 0 Å². The first-order chi connectivity index (χ1) is 9.60. The van der Waals surface area contributed by atoms with E-state index in [0.29, 0.717) is 18.0 Å². The molecule has 0 spiro atoms. The number of hydrogen-bond acceptors (Lipinski definition) is 4. The summed E-state index contributed by atoms with van der Waals surface area (Å²) in [4.78, 5) is 14.6. The number of hydrogen-bond donors (Lipinski definition) is 2. The number of rotatable bonds is 3. The minimum absolute atomic E-state index is 0.0941. The van der Waals surface area contributed by atoms with Gasteiger partial charge in [-0.3, -0.25) is 4.79 Å². The number of thiophene rings is 2. The molecule has 0 aliphatic heterocycles. The van der Waals surface area contributed by atoms with E-state index in [-0.39, 0.29) is 5.91 Å². The van der Waals surface area contributed by atoms with Gasteiger partial charge in [-0.15, -0.1) is 22.7 Å². The summed E-state index contributed by atoms with van der Waals surface area (Å²) in [5, 5.41) is 2.88. The standard InChI is InChI=1S/C14H13ClN2OS2/c1-9-7-12(20-11(9)3-2-6-16)14(18)17-8-10-4-5-13(15)19-10/h4-5,7H,6,8,16H2,1H3,(H,17,18). The third-order valence-electron chi connectivity index (χ3n) is 2.50. The Morgan fingerprint density at radius 1 is 1.45 bits per heavy atom. The van der Waals surface area contributed by atoms with Crippen molar-refractivity contribution >= 4 is 40.2 Å². The number of aryl methyl sites for hydroxylation is 1. The van der Waals surface area contributed by atoms with Gasteiger partial charge in [-0.05, 0) is 30.7 Å². The van der Waals surface area contributed by atoms with E-state index in [1.165, 1.54) is 22.7 Å². The molecule has 2 rings (SSSR count). The lowest BCUT2D eigenvalue weighted by Gasteiger charge is -2.00. The lowest BCUT2D eigenvalue weighted by atomic mass is 10.2. The molecule has 0 radical (unpaired) electrons. The molecule has 0 saturated heterocycles. The first kappa shape index (κ1) is 15.1. The van der Waals surface area contributed by atoms with Gasteiger partial charge in [-0.25, -0.2) is 0 Å². The van der Waals surface area contributed by atoms with E-state index in [4.69, 9.17) is 17.3 Å². The Hall–Kier alpha value is -1.32. The van der Waals surface area contributed by atoms with Crippen LogP contribution in [0.15, 0.2) is 18.2 Å². The number of nitrogens with one attached hydrogen (secondary N) is 1. The summed E-state index contributed by atoms with van der Waals surface area (Å²) in [6, 6.07) is 5.58. The van der Waals surface area contributed by atoms with Crippen LogP contribution >= 0.6 is 34.3 Å². The van der Waals surface area contributed by atoms with Gasteiger partial charge in [0.1, 0.15) is 0 Å². The summed E-state index contributed by atoms with van der Waals surface area (Å²) in [5.74, 6) is 5.68. The fourth-order valence-corrected chi connectivity index (χ4v) is 3.54. The van der Waals surface area contributed by atoms with Crippen LogP contribution in [-0.4, -0.2) is 12.5 Å². The van der Waals surface area contributed by atoms with Gasteiger partial charge in [0, 0.05) is 4.88 Å². The Labute approximate surface area is 130 Å². The summed E-state index contributed by atoms with van der Waals surface area (Å²) >= 11 is 8.69. The molecule has 3 nitrogen and oxygen atoms in total. The molecule has 104 valence electrons. The van der Waals surface area contributed by atoms with Crippen molar-refractivity contribution in [2.45, 2.75) is 13.5 Å². The SMILES string of the molecule is Cc1cc(C(=O)NCc2ccc(Cl)s2)sc1C#CCN. The average molecular weight is 325 g/mol. The maximum Gasteiger partial charge on any atom is 0.261 e. The zero-order valence-corrected chi connectivity index (χ0v) is 13.2. The lowest BCUT2D eigenvalue weighted by Crippen LogP contribution is -2.21. The lowest BCUT2D eigenvalue weighted by molar-refractivity contribution is 0.0955. The zero-order chi connectivity index (χ0) is 14.5. The predicted molar refractivity (Wildman–Crippen MR) is 85.5 cm³/mol. The molecule has 0 aliphatic rings. The van der Waals surface area contributed by atoms with E-state index in [1.54, 1.807) is 0 Å². The van der Waals surface area contributed by atoms with Crippen molar-refractivity contribution in [1.82, 2.24) is 5.32 Å². The van der Waals surface area contributed by atoms with Gasteiger partial charge < -0.3 is 11.1 Å². The number of nitrogens with two attached hydrogens (primary N) is 1. The zero-order valence-electron chi connectivity index (χ0n) is 10.8. The minimum atomic E-state index is -0.0941. The van der Waals surface area contributed by atoms with Crippen LogP contribution in [0.1, 0.15) is 25.0 Å². The number of halogens is 1. The second-order valence-corrected chi connectivity index (χ2v) is 6.87. The van der Waals surface area contributed by atoms with Gasteiger partial charge in [-0.1, -0.05) is 23.4 Å². The molecule has 0 unspecified atom stereocenters. The third kappa shape index (κ3) is 3.84. The van der Waals surface area contributed by atoms with Gasteiger partial charge in [0.25, 0.3) is 5.91 Å². The topological polar surface area (TPSA) is 55.1 Å². The largest absolute Gasteiger partial charge is 0.346 e. The second kappa shape index (κ2) is 6.91. The van der Waals surface area contributed by atoms with Gasteiger partial charge in [0.05, 0.1) is 27.2 Å². The summed E-state index contributed by atoms with van der Waals surface area (Å²) < 4.78 is 0.723. The van der Waals surface area contributed by atoms with E-state index in [9.17, 15) is 4.79 Å². The molecule has 2 aromatic heterocycles. The van der Waals surface area contributed by atoms with Crippen LogP contribution in [0.2, 0.25) is 4.34 Å². The summed E-state index contributed by atoms with van der Waals surface area (Å²) in [6.07, 6.45) is 0. The van der Waals surface area contributed by atoms with E-state index < -0.39 is 0 Å². The van der Waals surface area contributed by atoms with Crippen LogP contribution in [0.5, 0.6) is 0 Å². The number of carbonyl (C=O) groups is 1. The molecular formula is C14H13ClN2OS2. The molecule has 0 saturated carbocycles. The van der Waals surface area contributed by atoms with Crippen molar-refractivity contribution in [3.8, 4) is 11.8 Å². The predicted octanol–water partition coefficient (Wildman–Crippen LogP) is 3.01. The highest BCUT2D eigenvalue weighted by Gasteiger charge is 2.11. The Balaban J connectivity index is 2.02. The van der Waals surface area contributed by atoms with Gasteiger partial charge in [0.15, 0.2) is 0 Å². The van der Waals surface area contributed by atoms with Crippen molar-refractivity contribution in [3.05, 3.63) is 42.7 Å². The van der Waals surface area contributed by atoms with E-state index in [2.05, 4.69) is 17.2 Å². The molecule has 0 atom stereocenters. The monoisotopic (exact) mass is 324 g/mol. The number of carbonyl (C=O) groups excluding carboxylic acids is 1. The first-order valence-corrected chi connectivity index (χ1v) is 7.93. The van der Waals surface area contributed by atoms with E-state index >= 15 is 0 Å². The fraction of sp³-hybridized carbons (Fsp3) is 0.214. The fourth-order valence-electron chi connectivity index (χ4n) is 1.55. The van der Waals surface area contributed by atoms with Crippen LogP contribution in [0.25, 0.3) is 0 Å². The van der Waals surface area contributed by atoms with Crippen molar-refractivity contribution in [2.75, 3.05) is 6.54 Å². The molecule has 2 heterocycles. The maximum absolute atomic E-state index is 12.1. The Morgan fingerprint density at radius 2 is 2.25 bits per heavy atom. The second-order valence-electron chi connectivity index (χ2n) is 4.02. The molecule has 0 bridgehead atoms. The van der Waals surface area contributed by atoms with Gasteiger partial charge in [0.2, 0.25) is 0 Å². The van der Waals surface area contributed by atoms with Crippen LogP contribution in [0, 0.1) is 18.8 Å². The average Bonchev–Trinajstić information content (AvgIpc) is 3.00. The van der Waals surface area contributed by atoms with Crippen molar-refractivity contribution < 1.29 is 4.79 Å². The molecule has 0 aliphatic carbocycles. The van der Waals surface area contributed by atoms with Crippen molar-refractivity contribution in [2.24, 2.45) is 5.73 Å². The van der Waals surface area contributed by atoms with Crippen LogP contribution in [-0.2, 0) is 6.54 Å². The summed E-state index contributed by atoms with van der Waals surface area (Å²) in [6.45, 7) is 2.74. The smallest absolute Gasteiger partial charge is 0.261 e. The van der Waals surface area contributed by atoms with Crippen molar-refractivity contribution in [3.63, 3.8) is 0 Å². The van der Waals surface area contributed by atoms with Crippen molar-refractivity contribution in [1.29, 1.82) is 0 Å². The molecule has 6 heteroatoms. The Morgan fingerprint density at radius 3 is 2.90 bits per heavy atom. The van der Waals surface area contributed by atoms with Gasteiger partial charge in [-0.2, -0.15) is 0 Å². The molecule has 20 heavy (non-hydrogen) atoms. The summed E-state index contributed by atoms with van der Waals surface area (Å²) in [5.41, 5.74) is 6.35. The minimum Gasteiger partial charge on any atom is -0.346 e. The molecule has 0 fully saturated rings. The van der Waals surface area contributed by atoms with Crippen LogP contribution < -0.4 is 11.1 Å².